The van der Waals surface area contributed by atoms with E-state index in [4.69, 9.17) is 9.97 Å². The van der Waals surface area contributed by atoms with Gasteiger partial charge in [0.15, 0.2) is 0 Å². The van der Waals surface area contributed by atoms with Gasteiger partial charge < -0.3 is 0 Å². The van der Waals surface area contributed by atoms with Crippen LogP contribution in [0, 0.1) is 33.6 Å². The summed E-state index contributed by atoms with van der Waals surface area (Å²) < 4.78 is 11.5. The zero-order valence-corrected chi connectivity index (χ0v) is 38.5. The molecule has 12 heteroatoms. The van der Waals surface area contributed by atoms with Crippen LogP contribution in [0.4, 0.5) is 0 Å². The van der Waals surface area contributed by atoms with E-state index < -0.39 is 0 Å². The van der Waals surface area contributed by atoms with Crippen LogP contribution in [0.2, 0.25) is 0 Å². The number of aromatic nitrogens is 10. The molecule has 0 amide bonds. The molecule has 0 aliphatic carbocycles. The average Bonchev–Trinajstić information content (AvgIpc) is 3.98. The first-order valence-corrected chi connectivity index (χ1v) is 22.2. The number of hydrogen-bond acceptors (Lipinski definition) is 4. The standard InChI is InChI=1S/2C23H25N5.2Pt/c1-18-16-19(26-25-18)10-7-8-14-23(2,3)28-17-27(20-11-5-4-6-12-20)22-21(28)13-9-15-24-22;1-18-16-19(26-25-18)10-7-8-14-23(2,3)28-17-27(20-11-5-4-6-12-20)21-13-9-15-24-22(21)28;;/h2*4-6,9,11,13,15-16H,7-8,10,14H2,1-3H3;;/q2*-2;;. The predicted molar refractivity (Wildman–Crippen MR) is 221 cm³/mol. The number of unbranched alkanes of at least 4 members (excludes halogenated alkanes) is 2. The van der Waals surface area contributed by atoms with Crippen LogP contribution in [0.3, 0.4) is 0 Å². The van der Waals surface area contributed by atoms with Crippen molar-refractivity contribution in [1.29, 1.82) is 0 Å². The van der Waals surface area contributed by atoms with E-state index in [0.717, 1.165) is 115 Å². The second-order valence-electron chi connectivity index (χ2n) is 16.0. The van der Waals surface area contributed by atoms with E-state index in [9.17, 15) is 0 Å². The summed E-state index contributed by atoms with van der Waals surface area (Å²) in [6.45, 7) is 13.2. The third kappa shape index (κ3) is 9.19. The number of fused-ring (bicyclic) bond motifs is 2. The molecule has 0 unspecified atom stereocenters. The van der Waals surface area contributed by atoms with Crippen molar-refractivity contribution in [2.75, 3.05) is 0 Å². The number of hydrogen-bond donors (Lipinski definition) is 0. The second kappa shape index (κ2) is 18.2. The van der Waals surface area contributed by atoms with Gasteiger partial charge in [0.05, 0.1) is 0 Å². The number of rotatable bonds is 14. The second-order valence-corrected chi connectivity index (χ2v) is 18.0. The number of benzene rings is 2. The van der Waals surface area contributed by atoms with E-state index in [1.165, 1.54) is 0 Å². The fraction of sp³-hybridized carbons (Fsp3) is 0.348. The van der Waals surface area contributed by atoms with E-state index in [2.05, 4.69) is 154 Å². The van der Waals surface area contributed by atoms with Gasteiger partial charge in [0.2, 0.25) is 0 Å². The first-order valence-electron chi connectivity index (χ1n) is 19.9. The van der Waals surface area contributed by atoms with Crippen LogP contribution < -0.4 is 10.2 Å². The van der Waals surface area contributed by atoms with Crippen molar-refractivity contribution in [3.63, 3.8) is 0 Å². The molecular weight excluding hydrogens is 1080 g/mol. The van der Waals surface area contributed by atoms with Crippen LogP contribution in [-0.4, -0.2) is 38.4 Å². The molecule has 8 aromatic rings. The summed E-state index contributed by atoms with van der Waals surface area (Å²) in [7, 11) is 0. The van der Waals surface area contributed by atoms with Gasteiger partial charge in [-0.15, -0.1) is 0 Å². The van der Waals surface area contributed by atoms with E-state index in [0.29, 0.717) is 0 Å². The van der Waals surface area contributed by atoms with Gasteiger partial charge in [-0.3, -0.25) is 0 Å². The fourth-order valence-corrected chi connectivity index (χ4v) is 10.6. The zero-order valence-electron chi connectivity index (χ0n) is 34.0. The molecule has 0 fully saturated rings. The van der Waals surface area contributed by atoms with Crippen molar-refractivity contribution in [3.05, 3.63) is 140 Å². The maximum atomic E-state index is 4.74. The quantitative estimate of drug-likeness (QED) is 0.0797. The van der Waals surface area contributed by atoms with Crippen molar-refractivity contribution >= 4 is 22.3 Å². The number of imidazole rings is 2. The molecule has 8 rings (SSSR count). The molecule has 0 radical (unpaired) electrons. The minimum atomic E-state index is -0.0582. The Balaban J connectivity index is 0.000000177. The normalized spacial score (nSPS) is 12.0. The Hall–Kier alpha value is -4.52. The van der Waals surface area contributed by atoms with Crippen LogP contribution >= 0.6 is 0 Å². The predicted octanol–water partition coefficient (Wildman–Crippen LogP) is 9.03. The van der Waals surface area contributed by atoms with Gasteiger partial charge in [0.1, 0.15) is 0 Å². The number of nitrogens with zero attached hydrogens (tertiary/aromatic N) is 10. The van der Waals surface area contributed by atoms with Gasteiger partial charge in [0, 0.05) is 0 Å². The zero-order chi connectivity index (χ0) is 40.9. The molecule has 308 valence electrons. The van der Waals surface area contributed by atoms with E-state index in [1.54, 1.807) is 0 Å². The molecule has 0 atom stereocenters. The molecule has 0 N–H and O–H groups in total. The monoisotopic (exact) mass is 1130 g/mol. The van der Waals surface area contributed by atoms with Crippen molar-refractivity contribution in [2.24, 2.45) is 0 Å². The van der Waals surface area contributed by atoms with Crippen molar-refractivity contribution in [3.8, 4) is 11.4 Å². The first-order chi connectivity index (χ1) is 27.9. The molecule has 0 saturated carbocycles. The Labute approximate surface area is 362 Å². The molecule has 6 heterocycles. The molecule has 0 spiro atoms. The molecule has 0 aliphatic heterocycles. The summed E-state index contributed by atoms with van der Waals surface area (Å²) in [5.74, 6) is 0. The summed E-state index contributed by atoms with van der Waals surface area (Å²) in [5.41, 5.74) is 10.4. The summed E-state index contributed by atoms with van der Waals surface area (Å²) >= 11 is 4.85. The first kappa shape index (κ1) is 41.6. The Morgan fingerprint density at radius 1 is 0.586 bits per heavy atom. The van der Waals surface area contributed by atoms with E-state index in [-0.39, 0.29) is 11.1 Å². The Morgan fingerprint density at radius 2 is 1.09 bits per heavy atom. The van der Waals surface area contributed by atoms with Crippen LogP contribution in [0.25, 0.3) is 33.7 Å². The van der Waals surface area contributed by atoms with Gasteiger partial charge in [0.25, 0.3) is 0 Å². The molecule has 2 aromatic carbocycles. The number of aryl methyl sites for hydroxylation is 4. The molecule has 0 bridgehead atoms. The summed E-state index contributed by atoms with van der Waals surface area (Å²) in [5, 5.41) is 16.7. The fourth-order valence-electron chi connectivity index (χ4n) is 7.64. The Morgan fingerprint density at radius 3 is 1.60 bits per heavy atom. The molecule has 0 aliphatic rings. The van der Waals surface area contributed by atoms with Crippen molar-refractivity contribution in [1.82, 2.24) is 48.6 Å². The third-order valence-electron chi connectivity index (χ3n) is 10.6. The van der Waals surface area contributed by atoms with Crippen LogP contribution in [0.5, 0.6) is 0 Å². The minimum absolute atomic E-state index is 0.0357. The van der Waals surface area contributed by atoms with E-state index in [1.807, 2.05) is 74.8 Å². The topological polar surface area (TPSA) is 99.5 Å². The number of para-hydroxylation sites is 2. The Bertz CT molecular complexity index is 2520. The van der Waals surface area contributed by atoms with Gasteiger partial charge in [-0.2, -0.15) is 0 Å². The molecule has 10 nitrogen and oxygen atoms in total. The molecule has 0 saturated heterocycles. The van der Waals surface area contributed by atoms with Gasteiger partial charge >= 0.3 is 365 Å². The van der Waals surface area contributed by atoms with Crippen LogP contribution in [-0.2, 0) is 62.6 Å². The average molecular weight is 1130 g/mol. The summed E-state index contributed by atoms with van der Waals surface area (Å²) in [6.07, 6.45) is 12.3. The van der Waals surface area contributed by atoms with Gasteiger partial charge in [-0.1, -0.05) is 0 Å². The third-order valence-corrected chi connectivity index (χ3v) is 12.6. The van der Waals surface area contributed by atoms with Crippen molar-refractivity contribution in [2.45, 2.75) is 104 Å². The van der Waals surface area contributed by atoms with E-state index >= 15 is 0 Å². The number of pyridine rings is 2. The summed E-state index contributed by atoms with van der Waals surface area (Å²) in [6, 6.07) is 35.3. The van der Waals surface area contributed by atoms with Gasteiger partial charge in [-0.05, 0) is 0 Å². The Kier molecular flexibility index (Phi) is 13.0. The molecular formula is C46H50N10Pt2-4. The van der Waals surface area contributed by atoms with Gasteiger partial charge in [-0.25, -0.2) is 0 Å². The van der Waals surface area contributed by atoms with Crippen molar-refractivity contribution < 1.29 is 38.7 Å². The SMILES string of the molecule is Cc1cc(CCCCC(C)(C)n2[c](=[Pt])n(-c3[c-]cccc3)c3cccnc32)n[n-]1.Cc1cc(CCCCC(C)(C)n2[c](=[Pt])n(-c3[c-]cccc3)c3ncccc32)n[n-]1. The van der Waals surface area contributed by atoms with Crippen LogP contribution in [0.15, 0.2) is 97.3 Å². The molecule has 58 heavy (non-hydrogen) atoms. The maximum absolute atomic E-state index is 4.74. The summed E-state index contributed by atoms with van der Waals surface area (Å²) in [4.78, 5) is 9.43. The van der Waals surface area contributed by atoms with Crippen LogP contribution in [0.1, 0.15) is 89.0 Å². The molecule has 6 aromatic heterocycles.